The van der Waals surface area contributed by atoms with Crippen LogP contribution in [0, 0.1) is 6.92 Å². The van der Waals surface area contributed by atoms with E-state index in [0.717, 1.165) is 0 Å². The van der Waals surface area contributed by atoms with Crippen molar-refractivity contribution in [2.45, 2.75) is 11.8 Å². The molecule has 6 heteroatoms. The second kappa shape index (κ2) is 4.72. The molecule has 1 aromatic rings. The molecule has 0 aliphatic rings. The largest absolute Gasteiger partial charge is 0.478 e. The molecule has 0 unspecified atom stereocenters. The number of carbonyl (C=O) groups is 2. The van der Waals surface area contributed by atoms with Crippen LogP contribution in [0.25, 0.3) is 0 Å². The summed E-state index contributed by atoms with van der Waals surface area (Å²) in [6, 6.07) is 2.60. The molecule has 0 bridgehead atoms. The molecule has 0 aromatic heterocycles. The first kappa shape index (κ1) is 12.8. The number of halogens is 2. The molecule has 0 heterocycles. The van der Waals surface area contributed by atoms with Crippen LogP contribution in [-0.2, 0) is 0 Å². The summed E-state index contributed by atoms with van der Waals surface area (Å²) in [5.41, 5.74) is 0.104. The van der Waals surface area contributed by atoms with E-state index in [-0.39, 0.29) is 22.3 Å². The molecule has 16 heavy (non-hydrogen) atoms. The fourth-order valence-electron chi connectivity index (χ4n) is 1.43. The van der Waals surface area contributed by atoms with Gasteiger partial charge in [0.05, 0.1) is 11.1 Å². The van der Waals surface area contributed by atoms with Crippen molar-refractivity contribution in [3.05, 3.63) is 34.4 Å². The zero-order valence-electron chi connectivity index (χ0n) is 8.20. The van der Waals surface area contributed by atoms with Crippen molar-refractivity contribution in [1.82, 2.24) is 0 Å². The number of benzene rings is 1. The molecule has 86 valence electrons. The first-order chi connectivity index (χ1) is 7.36. The van der Waals surface area contributed by atoms with E-state index in [2.05, 4.69) is 0 Å². The van der Waals surface area contributed by atoms with E-state index in [1.54, 1.807) is 0 Å². The number of alkyl halides is 2. The first-order valence-corrected chi connectivity index (χ1v) is 5.11. The molecule has 0 aliphatic heterocycles. The summed E-state index contributed by atoms with van der Waals surface area (Å²) in [5, 5.41) is 17.8. The Morgan fingerprint density at radius 2 is 1.75 bits per heavy atom. The van der Waals surface area contributed by atoms with Crippen molar-refractivity contribution in [1.29, 1.82) is 0 Å². The van der Waals surface area contributed by atoms with Gasteiger partial charge in [0.2, 0.25) is 0 Å². The molecule has 0 saturated carbocycles. The Balaban J connectivity index is 3.54. The number of carboxylic acids is 2. The minimum atomic E-state index is -1.25. The summed E-state index contributed by atoms with van der Waals surface area (Å²) >= 11 is 11.2. The SMILES string of the molecule is Cc1c(C(=O)O)ccc(C(Cl)Cl)c1C(=O)O. The average molecular weight is 263 g/mol. The topological polar surface area (TPSA) is 74.6 Å². The summed E-state index contributed by atoms with van der Waals surface area (Å²) in [6.45, 7) is 1.41. The maximum Gasteiger partial charge on any atom is 0.336 e. The van der Waals surface area contributed by atoms with Crippen molar-refractivity contribution in [2.75, 3.05) is 0 Å². The predicted molar refractivity (Wildman–Crippen MR) is 59.5 cm³/mol. The first-order valence-electron chi connectivity index (χ1n) is 4.24. The van der Waals surface area contributed by atoms with Gasteiger partial charge < -0.3 is 10.2 Å². The van der Waals surface area contributed by atoms with Crippen molar-refractivity contribution in [3.63, 3.8) is 0 Å². The van der Waals surface area contributed by atoms with Crippen LogP contribution in [0.1, 0.15) is 36.7 Å². The van der Waals surface area contributed by atoms with Gasteiger partial charge >= 0.3 is 11.9 Å². The normalized spacial score (nSPS) is 10.5. The Kier molecular flexibility index (Phi) is 3.78. The maximum absolute atomic E-state index is 11.0. The molecule has 4 nitrogen and oxygen atoms in total. The highest BCUT2D eigenvalue weighted by Crippen LogP contribution is 2.31. The quantitative estimate of drug-likeness (QED) is 0.822. The van der Waals surface area contributed by atoms with E-state index in [0.29, 0.717) is 0 Å². The van der Waals surface area contributed by atoms with E-state index in [1.165, 1.54) is 19.1 Å². The summed E-state index contributed by atoms with van der Waals surface area (Å²) in [7, 11) is 0. The Morgan fingerprint density at radius 3 is 2.12 bits per heavy atom. The van der Waals surface area contributed by atoms with Crippen LogP contribution in [0.4, 0.5) is 0 Å². The molecular formula is C10H8Cl2O4. The average Bonchev–Trinajstić information content (AvgIpc) is 2.15. The van der Waals surface area contributed by atoms with Crippen LogP contribution in [0.3, 0.4) is 0 Å². The molecule has 0 fully saturated rings. The van der Waals surface area contributed by atoms with Gasteiger partial charge in [-0.3, -0.25) is 0 Å². The van der Waals surface area contributed by atoms with Crippen LogP contribution < -0.4 is 0 Å². The lowest BCUT2D eigenvalue weighted by Gasteiger charge is -2.11. The van der Waals surface area contributed by atoms with Crippen molar-refractivity contribution in [3.8, 4) is 0 Å². The number of rotatable bonds is 3. The zero-order chi connectivity index (χ0) is 12.5. The molecule has 0 amide bonds. The third-order valence-corrected chi connectivity index (χ3v) is 2.65. The second-order valence-corrected chi connectivity index (χ2v) is 4.21. The number of carboxylic acid groups (broad SMARTS) is 2. The van der Waals surface area contributed by atoms with E-state index < -0.39 is 16.8 Å². The van der Waals surface area contributed by atoms with Gasteiger partial charge in [-0.15, -0.1) is 23.2 Å². The molecule has 0 radical (unpaired) electrons. The predicted octanol–water partition coefficient (Wildman–Crippen LogP) is 2.87. The van der Waals surface area contributed by atoms with Gasteiger partial charge in [0.25, 0.3) is 0 Å². The van der Waals surface area contributed by atoms with Gasteiger partial charge in [-0.1, -0.05) is 6.07 Å². The van der Waals surface area contributed by atoms with E-state index in [9.17, 15) is 9.59 Å². The standard InChI is InChI=1S/C10H8Cl2O4/c1-4-5(9(13)14)2-3-6(8(11)12)7(4)10(15)16/h2-3,8H,1H3,(H,13,14)(H,15,16). The third kappa shape index (κ3) is 2.28. The Morgan fingerprint density at radius 1 is 1.19 bits per heavy atom. The van der Waals surface area contributed by atoms with E-state index in [1.807, 2.05) is 0 Å². The number of hydrogen-bond acceptors (Lipinski definition) is 2. The van der Waals surface area contributed by atoms with Crippen LogP contribution in [0.2, 0.25) is 0 Å². The Labute approximate surface area is 101 Å². The molecule has 1 aromatic carbocycles. The van der Waals surface area contributed by atoms with Crippen LogP contribution >= 0.6 is 23.2 Å². The Hall–Kier alpha value is -1.26. The van der Waals surface area contributed by atoms with Gasteiger partial charge in [-0.2, -0.15) is 0 Å². The monoisotopic (exact) mass is 262 g/mol. The van der Waals surface area contributed by atoms with Crippen molar-refractivity contribution in [2.24, 2.45) is 0 Å². The van der Waals surface area contributed by atoms with Gasteiger partial charge in [-0.25, -0.2) is 9.59 Å². The highest BCUT2D eigenvalue weighted by atomic mass is 35.5. The molecule has 1 rings (SSSR count). The summed E-state index contributed by atoms with van der Waals surface area (Å²) < 4.78 is 0. The molecule has 0 saturated heterocycles. The van der Waals surface area contributed by atoms with E-state index in [4.69, 9.17) is 33.4 Å². The second-order valence-electron chi connectivity index (χ2n) is 3.11. The minimum absolute atomic E-state index is 0.0740. The zero-order valence-corrected chi connectivity index (χ0v) is 9.71. The fourth-order valence-corrected chi connectivity index (χ4v) is 1.79. The van der Waals surface area contributed by atoms with Crippen molar-refractivity contribution < 1.29 is 19.8 Å². The fraction of sp³-hybridized carbons (Fsp3) is 0.200. The molecule has 0 atom stereocenters. The molecular weight excluding hydrogens is 255 g/mol. The number of aromatic carboxylic acids is 2. The van der Waals surface area contributed by atoms with Crippen molar-refractivity contribution >= 4 is 35.1 Å². The third-order valence-electron chi connectivity index (χ3n) is 2.18. The molecule has 2 N–H and O–H groups in total. The van der Waals surface area contributed by atoms with Gasteiger partial charge in [0, 0.05) is 0 Å². The van der Waals surface area contributed by atoms with Gasteiger partial charge in [0.15, 0.2) is 0 Å². The van der Waals surface area contributed by atoms with Crippen LogP contribution in [0.15, 0.2) is 12.1 Å². The smallest absolute Gasteiger partial charge is 0.336 e. The van der Waals surface area contributed by atoms with E-state index >= 15 is 0 Å². The highest BCUT2D eigenvalue weighted by Gasteiger charge is 2.22. The molecule has 0 spiro atoms. The summed E-state index contributed by atoms with van der Waals surface area (Å²) in [5.74, 6) is -2.44. The minimum Gasteiger partial charge on any atom is -0.478 e. The lowest BCUT2D eigenvalue weighted by Crippen LogP contribution is -2.10. The summed E-state index contributed by atoms with van der Waals surface area (Å²) in [4.78, 5) is 20.8. The summed E-state index contributed by atoms with van der Waals surface area (Å²) in [6.07, 6.45) is 0. The lowest BCUT2D eigenvalue weighted by molar-refractivity contribution is 0.0695. The molecule has 0 aliphatic carbocycles. The maximum atomic E-state index is 11.0. The van der Waals surface area contributed by atoms with Gasteiger partial charge in [0.1, 0.15) is 4.84 Å². The van der Waals surface area contributed by atoms with Gasteiger partial charge in [-0.05, 0) is 24.1 Å². The van der Waals surface area contributed by atoms with Crippen LogP contribution in [0.5, 0.6) is 0 Å². The van der Waals surface area contributed by atoms with Crippen LogP contribution in [-0.4, -0.2) is 22.2 Å². The highest BCUT2D eigenvalue weighted by molar-refractivity contribution is 6.44. The Bertz CT molecular complexity index is 454. The number of hydrogen-bond donors (Lipinski definition) is 2. The lowest BCUT2D eigenvalue weighted by atomic mass is 9.97.